The third kappa shape index (κ3) is 3.70. The first-order valence-corrected chi connectivity index (χ1v) is 5.80. The van der Waals surface area contributed by atoms with E-state index in [9.17, 15) is 23.7 Å². The Bertz CT molecular complexity index is 508. The number of aliphatic hydroxyl groups excluding tert-OH is 1. The molecule has 1 aromatic carbocycles. The average molecular weight is 288 g/mol. The molecular formula is C12H14F2N2O4. The Balaban J connectivity index is 3.18. The number of amides is 1. The first-order chi connectivity index (χ1) is 9.38. The van der Waals surface area contributed by atoms with Crippen molar-refractivity contribution in [3.8, 4) is 0 Å². The fourth-order valence-electron chi connectivity index (χ4n) is 1.81. The van der Waals surface area contributed by atoms with Crippen molar-refractivity contribution in [3.63, 3.8) is 0 Å². The number of nitro groups is 1. The van der Waals surface area contributed by atoms with Crippen molar-refractivity contribution in [3.05, 3.63) is 39.4 Å². The van der Waals surface area contributed by atoms with E-state index in [0.29, 0.717) is 4.90 Å². The Morgan fingerprint density at radius 3 is 2.65 bits per heavy atom. The minimum absolute atomic E-state index is 0.260. The van der Waals surface area contributed by atoms with Crippen LogP contribution >= 0.6 is 0 Å². The summed E-state index contributed by atoms with van der Waals surface area (Å²) in [4.78, 5) is 23.1. The zero-order chi connectivity index (χ0) is 15.3. The molecule has 1 N–H and O–H groups in total. The molecule has 0 bridgehead atoms. The van der Waals surface area contributed by atoms with Gasteiger partial charge >= 0.3 is 0 Å². The molecule has 0 fully saturated rings. The van der Waals surface area contributed by atoms with Gasteiger partial charge in [0.1, 0.15) is 5.56 Å². The zero-order valence-electron chi connectivity index (χ0n) is 10.8. The molecule has 0 spiro atoms. The van der Waals surface area contributed by atoms with Crippen molar-refractivity contribution in [1.29, 1.82) is 0 Å². The van der Waals surface area contributed by atoms with Crippen LogP contribution in [0.5, 0.6) is 0 Å². The van der Waals surface area contributed by atoms with Crippen LogP contribution in [0.2, 0.25) is 0 Å². The highest BCUT2D eigenvalue weighted by Gasteiger charge is 2.27. The molecule has 0 heterocycles. The van der Waals surface area contributed by atoms with E-state index in [-0.39, 0.29) is 17.7 Å². The summed E-state index contributed by atoms with van der Waals surface area (Å²) in [7, 11) is 0. The third-order valence-electron chi connectivity index (χ3n) is 2.67. The predicted molar refractivity (Wildman–Crippen MR) is 66.8 cm³/mol. The van der Waals surface area contributed by atoms with Gasteiger partial charge in [0.05, 0.1) is 18.1 Å². The van der Waals surface area contributed by atoms with Crippen LogP contribution in [0.25, 0.3) is 0 Å². The third-order valence-corrected chi connectivity index (χ3v) is 2.67. The van der Waals surface area contributed by atoms with Crippen LogP contribution in [-0.2, 0) is 0 Å². The second-order valence-electron chi connectivity index (χ2n) is 4.09. The van der Waals surface area contributed by atoms with Crippen LogP contribution in [0.1, 0.15) is 15.9 Å². The summed E-state index contributed by atoms with van der Waals surface area (Å²) in [5.74, 6) is -0.894. The zero-order valence-corrected chi connectivity index (χ0v) is 10.8. The van der Waals surface area contributed by atoms with Crippen LogP contribution < -0.4 is 0 Å². The maximum atomic E-state index is 12.4. The predicted octanol–water partition coefficient (Wildman–Crippen LogP) is 1.60. The van der Waals surface area contributed by atoms with Crippen LogP contribution in [0.3, 0.4) is 0 Å². The van der Waals surface area contributed by atoms with Crippen molar-refractivity contribution in [1.82, 2.24) is 4.90 Å². The minimum Gasteiger partial charge on any atom is -0.395 e. The number of halogens is 2. The molecule has 0 aromatic heterocycles. The van der Waals surface area contributed by atoms with Crippen molar-refractivity contribution < 1.29 is 23.6 Å². The van der Waals surface area contributed by atoms with Gasteiger partial charge in [-0.05, 0) is 13.0 Å². The molecule has 20 heavy (non-hydrogen) atoms. The van der Waals surface area contributed by atoms with Crippen LogP contribution in [0.4, 0.5) is 14.5 Å². The summed E-state index contributed by atoms with van der Waals surface area (Å²) in [5, 5.41) is 19.8. The standard InChI is InChI=1S/C12H14F2N2O4/c1-8-3-2-4-9(11(8)16(19)20)12(18)15(5-6-17)7-10(13)14/h2-4,10,17H,5-7H2,1H3. The molecule has 1 rings (SSSR count). The van der Waals surface area contributed by atoms with E-state index in [4.69, 9.17) is 5.11 Å². The van der Waals surface area contributed by atoms with E-state index in [0.717, 1.165) is 0 Å². The largest absolute Gasteiger partial charge is 0.395 e. The quantitative estimate of drug-likeness (QED) is 0.636. The molecule has 0 atom stereocenters. The van der Waals surface area contributed by atoms with Crippen molar-refractivity contribution >= 4 is 11.6 Å². The molecule has 0 aliphatic carbocycles. The molecule has 6 nitrogen and oxygen atoms in total. The Hall–Kier alpha value is -2.09. The van der Waals surface area contributed by atoms with E-state index in [1.807, 2.05) is 0 Å². The molecule has 0 aliphatic heterocycles. The fraction of sp³-hybridized carbons (Fsp3) is 0.417. The molecule has 0 radical (unpaired) electrons. The lowest BCUT2D eigenvalue weighted by Gasteiger charge is -2.21. The van der Waals surface area contributed by atoms with E-state index < -0.39 is 36.1 Å². The molecule has 0 aliphatic rings. The highest BCUT2D eigenvalue weighted by molar-refractivity contribution is 5.98. The lowest BCUT2D eigenvalue weighted by Crippen LogP contribution is -2.37. The number of hydrogen-bond acceptors (Lipinski definition) is 4. The van der Waals surface area contributed by atoms with E-state index in [1.54, 1.807) is 0 Å². The van der Waals surface area contributed by atoms with Gasteiger partial charge in [-0.2, -0.15) is 0 Å². The Morgan fingerprint density at radius 1 is 1.50 bits per heavy atom. The minimum atomic E-state index is -2.78. The number of hydrogen-bond donors (Lipinski definition) is 1. The maximum Gasteiger partial charge on any atom is 0.285 e. The Morgan fingerprint density at radius 2 is 2.15 bits per heavy atom. The van der Waals surface area contributed by atoms with Gasteiger partial charge in [-0.25, -0.2) is 8.78 Å². The molecule has 1 amide bonds. The number of aliphatic hydroxyl groups is 1. The molecule has 0 saturated carbocycles. The monoisotopic (exact) mass is 288 g/mol. The summed E-state index contributed by atoms with van der Waals surface area (Å²) in [6.45, 7) is -0.241. The number of nitro benzene ring substituents is 1. The molecular weight excluding hydrogens is 274 g/mol. The lowest BCUT2D eigenvalue weighted by atomic mass is 10.1. The number of alkyl halides is 2. The van der Waals surface area contributed by atoms with Gasteiger partial charge in [-0.1, -0.05) is 12.1 Å². The number of rotatable bonds is 6. The van der Waals surface area contributed by atoms with Crippen molar-refractivity contribution in [2.24, 2.45) is 0 Å². The Labute approximate surface area is 113 Å². The Kier molecular flexibility index (Phi) is 5.51. The topological polar surface area (TPSA) is 83.7 Å². The van der Waals surface area contributed by atoms with Gasteiger partial charge in [-0.15, -0.1) is 0 Å². The number of carbonyl (C=O) groups is 1. The second-order valence-corrected chi connectivity index (χ2v) is 4.09. The van der Waals surface area contributed by atoms with E-state index in [2.05, 4.69) is 0 Å². The van der Waals surface area contributed by atoms with Crippen LogP contribution in [-0.4, -0.2) is 47.0 Å². The SMILES string of the molecule is Cc1cccc(C(=O)N(CCO)CC(F)F)c1[N+](=O)[O-]. The van der Waals surface area contributed by atoms with Crippen LogP contribution in [0.15, 0.2) is 18.2 Å². The van der Waals surface area contributed by atoms with Gasteiger partial charge in [0, 0.05) is 12.1 Å². The first kappa shape index (κ1) is 16.0. The van der Waals surface area contributed by atoms with Crippen molar-refractivity contribution in [2.45, 2.75) is 13.3 Å². The van der Waals surface area contributed by atoms with Gasteiger partial charge in [0.2, 0.25) is 0 Å². The number of nitrogens with zero attached hydrogens (tertiary/aromatic N) is 2. The first-order valence-electron chi connectivity index (χ1n) is 5.80. The van der Waals surface area contributed by atoms with E-state index >= 15 is 0 Å². The summed E-state index contributed by atoms with van der Waals surface area (Å²) in [6, 6.07) is 4.11. The summed E-state index contributed by atoms with van der Waals surface area (Å²) in [6.07, 6.45) is -2.78. The lowest BCUT2D eigenvalue weighted by molar-refractivity contribution is -0.385. The fourth-order valence-corrected chi connectivity index (χ4v) is 1.81. The van der Waals surface area contributed by atoms with Gasteiger partial charge < -0.3 is 10.0 Å². The number of aryl methyl sites for hydroxylation is 1. The van der Waals surface area contributed by atoms with Crippen LogP contribution in [0, 0.1) is 17.0 Å². The van der Waals surface area contributed by atoms with Gasteiger partial charge in [0.25, 0.3) is 18.0 Å². The average Bonchev–Trinajstić information content (AvgIpc) is 2.36. The maximum absolute atomic E-state index is 12.4. The summed E-state index contributed by atoms with van der Waals surface area (Å²) >= 11 is 0. The highest BCUT2D eigenvalue weighted by Crippen LogP contribution is 2.24. The van der Waals surface area contributed by atoms with E-state index in [1.165, 1.54) is 25.1 Å². The molecule has 0 saturated heterocycles. The molecule has 0 unspecified atom stereocenters. The number of carbonyl (C=O) groups excluding carboxylic acids is 1. The van der Waals surface area contributed by atoms with Crippen molar-refractivity contribution in [2.75, 3.05) is 19.7 Å². The number of para-hydroxylation sites is 1. The molecule has 110 valence electrons. The van der Waals surface area contributed by atoms with Gasteiger partial charge in [-0.3, -0.25) is 14.9 Å². The smallest absolute Gasteiger partial charge is 0.285 e. The second kappa shape index (κ2) is 6.90. The number of benzene rings is 1. The highest BCUT2D eigenvalue weighted by atomic mass is 19.3. The normalized spacial score (nSPS) is 10.7. The van der Waals surface area contributed by atoms with Gasteiger partial charge in [0.15, 0.2) is 0 Å². The molecule has 1 aromatic rings. The summed E-state index contributed by atoms with van der Waals surface area (Å²) in [5.41, 5.74) is -0.402. The molecule has 8 heteroatoms. The summed E-state index contributed by atoms with van der Waals surface area (Å²) < 4.78 is 24.8.